The van der Waals surface area contributed by atoms with Crippen molar-refractivity contribution in [3.63, 3.8) is 0 Å². The van der Waals surface area contributed by atoms with E-state index in [1.807, 2.05) is 61.5 Å². The first-order valence-corrected chi connectivity index (χ1v) is 6.16. The Morgan fingerprint density at radius 3 is 2.61 bits per heavy atom. The van der Waals surface area contributed by atoms with Crippen molar-refractivity contribution in [2.24, 2.45) is 0 Å². The minimum absolute atomic E-state index is 0.802. The van der Waals surface area contributed by atoms with Gasteiger partial charge in [-0.1, -0.05) is 54.1 Å². The average Bonchev–Trinajstić information content (AvgIpc) is 2.41. The summed E-state index contributed by atoms with van der Waals surface area (Å²) in [6.07, 6.45) is 4.05. The molecular weight excluding hydrogens is 244 g/mol. The number of hydrogen-bond donors (Lipinski definition) is 0. The fourth-order valence-electron chi connectivity index (χ4n) is 1.73. The van der Waals surface area contributed by atoms with Crippen molar-refractivity contribution in [3.8, 4) is 5.75 Å². The summed E-state index contributed by atoms with van der Waals surface area (Å²) >= 11 is 6.24. The van der Waals surface area contributed by atoms with Gasteiger partial charge in [0.15, 0.2) is 0 Å². The smallest absolute Gasteiger partial charge is 0.119 e. The molecular formula is C16H15ClO. The predicted molar refractivity (Wildman–Crippen MR) is 78.1 cm³/mol. The number of benzene rings is 2. The zero-order valence-electron chi connectivity index (χ0n) is 10.5. The maximum Gasteiger partial charge on any atom is 0.119 e. The molecule has 0 bridgehead atoms. The van der Waals surface area contributed by atoms with Crippen LogP contribution in [0.4, 0.5) is 0 Å². The normalized spacial score (nSPS) is 10.8. The van der Waals surface area contributed by atoms with Crippen molar-refractivity contribution in [2.45, 2.75) is 6.92 Å². The molecule has 0 aliphatic heterocycles. The Bertz CT molecular complexity index is 573. The number of aryl methyl sites for hydroxylation is 1. The molecule has 0 fully saturated rings. The molecule has 2 heteroatoms. The van der Waals surface area contributed by atoms with Gasteiger partial charge in [0.25, 0.3) is 0 Å². The molecule has 1 nitrogen and oxygen atoms in total. The van der Waals surface area contributed by atoms with E-state index < -0.39 is 0 Å². The highest BCUT2D eigenvalue weighted by atomic mass is 35.5. The predicted octanol–water partition coefficient (Wildman–Crippen LogP) is 4.83. The van der Waals surface area contributed by atoms with Gasteiger partial charge in [-0.15, -0.1) is 0 Å². The van der Waals surface area contributed by atoms with Crippen molar-refractivity contribution < 1.29 is 4.74 Å². The molecule has 0 saturated heterocycles. The lowest BCUT2D eigenvalue weighted by Crippen LogP contribution is -1.83. The van der Waals surface area contributed by atoms with Crippen LogP contribution in [0.1, 0.15) is 16.7 Å². The van der Waals surface area contributed by atoms with E-state index in [1.54, 1.807) is 7.11 Å². The van der Waals surface area contributed by atoms with Crippen LogP contribution >= 0.6 is 11.6 Å². The summed E-state index contributed by atoms with van der Waals surface area (Å²) in [7, 11) is 1.67. The summed E-state index contributed by atoms with van der Waals surface area (Å²) in [5, 5.41) is 0.802. The van der Waals surface area contributed by atoms with E-state index in [0.717, 1.165) is 27.5 Å². The third-order valence-corrected chi connectivity index (χ3v) is 3.29. The molecule has 2 aromatic rings. The molecule has 0 spiro atoms. The molecule has 0 aromatic heterocycles. The van der Waals surface area contributed by atoms with E-state index in [4.69, 9.17) is 16.3 Å². The number of methoxy groups -OCH3 is 1. The highest BCUT2D eigenvalue weighted by Crippen LogP contribution is 2.23. The monoisotopic (exact) mass is 258 g/mol. The van der Waals surface area contributed by atoms with Gasteiger partial charge in [-0.3, -0.25) is 0 Å². The Labute approximate surface area is 113 Å². The van der Waals surface area contributed by atoms with Crippen molar-refractivity contribution in [2.75, 3.05) is 7.11 Å². The molecule has 0 aliphatic carbocycles. The van der Waals surface area contributed by atoms with Crippen LogP contribution in [0.3, 0.4) is 0 Å². The summed E-state index contributed by atoms with van der Waals surface area (Å²) in [5.74, 6) is 0.854. The maximum atomic E-state index is 6.24. The number of rotatable bonds is 3. The SMILES string of the molecule is COc1cccc(/C=C\c2cccc(C)c2Cl)c1. The lowest BCUT2D eigenvalue weighted by molar-refractivity contribution is 0.414. The fourth-order valence-corrected chi connectivity index (χ4v) is 1.92. The molecule has 92 valence electrons. The summed E-state index contributed by atoms with van der Waals surface area (Å²) in [6, 6.07) is 13.9. The Hall–Kier alpha value is -1.73. The molecule has 0 N–H and O–H groups in total. The van der Waals surface area contributed by atoms with Crippen LogP contribution in [0.15, 0.2) is 42.5 Å². The largest absolute Gasteiger partial charge is 0.497 e. The zero-order valence-corrected chi connectivity index (χ0v) is 11.2. The van der Waals surface area contributed by atoms with Gasteiger partial charge < -0.3 is 4.74 Å². The first-order chi connectivity index (χ1) is 8.70. The van der Waals surface area contributed by atoms with E-state index in [0.29, 0.717) is 0 Å². The molecule has 2 aromatic carbocycles. The molecule has 0 unspecified atom stereocenters. The quantitative estimate of drug-likeness (QED) is 0.717. The van der Waals surface area contributed by atoms with Crippen LogP contribution in [-0.4, -0.2) is 7.11 Å². The van der Waals surface area contributed by atoms with Crippen LogP contribution in [-0.2, 0) is 0 Å². The van der Waals surface area contributed by atoms with Crippen LogP contribution in [0.5, 0.6) is 5.75 Å². The molecule has 0 saturated carbocycles. The van der Waals surface area contributed by atoms with Gasteiger partial charge in [-0.25, -0.2) is 0 Å². The van der Waals surface area contributed by atoms with Crippen LogP contribution < -0.4 is 4.74 Å². The maximum absolute atomic E-state index is 6.24. The van der Waals surface area contributed by atoms with Crippen molar-refractivity contribution >= 4 is 23.8 Å². The van der Waals surface area contributed by atoms with Gasteiger partial charge in [-0.05, 0) is 35.7 Å². The summed E-state index contributed by atoms with van der Waals surface area (Å²) < 4.78 is 5.19. The zero-order chi connectivity index (χ0) is 13.0. The highest BCUT2D eigenvalue weighted by Gasteiger charge is 1.99. The second-order valence-electron chi connectivity index (χ2n) is 4.09. The Morgan fingerprint density at radius 1 is 1.06 bits per heavy atom. The first kappa shape index (κ1) is 12.7. The van der Waals surface area contributed by atoms with Gasteiger partial charge in [0.2, 0.25) is 0 Å². The molecule has 2 rings (SSSR count). The van der Waals surface area contributed by atoms with E-state index in [2.05, 4.69) is 0 Å². The van der Waals surface area contributed by atoms with E-state index in [-0.39, 0.29) is 0 Å². The fraction of sp³-hybridized carbons (Fsp3) is 0.125. The Kier molecular flexibility index (Phi) is 4.06. The van der Waals surface area contributed by atoms with Crippen molar-refractivity contribution in [1.29, 1.82) is 0 Å². The second-order valence-corrected chi connectivity index (χ2v) is 4.47. The number of halogens is 1. The van der Waals surface area contributed by atoms with E-state index >= 15 is 0 Å². The molecule has 0 radical (unpaired) electrons. The summed E-state index contributed by atoms with van der Waals surface area (Å²) in [6.45, 7) is 2.01. The minimum atomic E-state index is 0.802. The third kappa shape index (κ3) is 2.93. The van der Waals surface area contributed by atoms with Gasteiger partial charge >= 0.3 is 0 Å². The number of ether oxygens (including phenoxy) is 1. The Balaban J connectivity index is 2.27. The molecule has 0 heterocycles. The highest BCUT2D eigenvalue weighted by molar-refractivity contribution is 6.32. The van der Waals surface area contributed by atoms with Gasteiger partial charge in [0.05, 0.1) is 12.1 Å². The average molecular weight is 259 g/mol. The van der Waals surface area contributed by atoms with Crippen molar-refractivity contribution in [3.05, 3.63) is 64.2 Å². The molecule has 0 aliphatic rings. The Morgan fingerprint density at radius 2 is 1.83 bits per heavy atom. The molecule has 0 amide bonds. The van der Waals surface area contributed by atoms with Crippen LogP contribution in [0, 0.1) is 6.92 Å². The minimum Gasteiger partial charge on any atom is -0.497 e. The lowest BCUT2D eigenvalue weighted by atomic mass is 10.1. The van der Waals surface area contributed by atoms with Crippen LogP contribution in [0.25, 0.3) is 12.2 Å². The van der Waals surface area contributed by atoms with Gasteiger partial charge in [0.1, 0.15) is 5.75 Å². The van der Waals surface area contributed by atoms with E-state index in [1.165, 1.54) is 0 Å². The topological polar surface area (TPSA) is 9.23 Å². The third-order valence-electron chi connectivity index (χ3n) is 2.77. The van der Waals surface area contributed by atoms with Gasteiger partial charge in [-0.2, -0.15) is 0 Å². The first-order valence-electron chi connectivity index (χ1n) is 5.78. The standard InChI is InChI=1S/C16H15ClO/c1-12-5-3-7-14(16(12)17)10-9-13-6-4-8-15(11-13)18-2/h3-11H,1-2H3/b10-9-. The lowest BCUT2D eigenvalue weighted by Gasteiger charge is -2.02. The number of hydrogen-bond acceptors (Lipinski definition) is 1. The van der Waals surface area contributed by atoms with E-state index in [9.17, 15) is 0 Å². The van der Waals surface area contributed by atoms with Gasteiger partial charge in [0, 0.05) is 0 Å². The van der Waals surface area contributed by atoms with Crippen molar-refractivity contribution in [1.82, 2.24) is 0 Å². The van der Waals surface area contributed by atoms with Crippen LogP contribution in [0.2, 0.25) is 5.02 Å². The molecule has 0 atom stereocenters. The molecule has 18 heavy (non-hydrogen) atoms. The summed E-state index contributed by atoms with van der Waals surface area (Å²) in [5.41, 5.74) is 3.20. The second kappa shape index (κ2) is 5.74. The summed E-state index contributed by atoms with van der Waals surface area (Å²) in [4.78, 5) is 0.